The average Bonchev–Trinajstić information content (AvgIpc) is 3.58. The number of nitrogens with zero attached hydrogens (tertiary/aromatic N) is 4. The van der Waals surface area contributed by atoms with Crippen LogP contribution in [0.1, 0.15) is 200 Å². The van der Waals surface area contributed by atoms with Gasteiger partial charge < -0.3 is 44.6 Å². The summed E-state index contributed by atoms with van der Waals surface area (Å²) in [6, 6.07) is -1.81. The van der Waals surface area contributed by atoms with Gasteiger partial charge in [-0.2, -0.15) is 0 Å². The minimum Gasteiger partial charge on any atom is -0.379 e. The normalized spacial score (nSPS) is 35.3. The minimum absolute atomic E-state index is 0.0222. The van der Waals surface area contributed by atoms with E-state index in [1.165, 1.54) is 0 Å². The fourth-order valence-corrected chi connectivity index (χ4v) is 20.9. The number of phosphoric ester groups is 1. The van der Waals surface area contributed by atoms with Crippen molar-refractivity contribution in [2.45, 2.75) is 248 Å². The molecule has 0 spiro atoms. The molecule has 5 amide bonds. The number of likely N-dealkylation sites (N-methyl/N-ethyl adjacent to an activating group) is 2. The van der Waals surface area contributed by atoms with Crippen LogP contribution < -0.4 is 10.6 Å². The predicted molar refractivity (Wildman–Crippen MR) is 324 cm³/mol. The predicted octanol–water partition coefficient (Wildman–Crippen LogP) is 9.71. The summed E-state index contributed by atoms with van der Waals surface area (Å²) in [7, 11) is 4.06. The molecular formula is C65H115N6O11P. The van der Waals surface area contributed by atoms with Gasteiger partial charge in [0.1, 0.15) is 6.04 Å². The van der Waals surface area contributed by atoms with Gasteiger partial charge in [-0.05, 0) is 172 Å². The lowest BCUT2D eigenvalue weighted by atomic mass is 9.31. The van der Waals surface area contributed by atoms with Gasteiger partial charge in [-0.25, -0.2) is 4.57 Å². The number of carbonyl (C=O) groups is 5. The molecule has 4 N–H and O–H groups in total. The van der Waals surface area contributed by atoms with E-state index in [-0.39, 0.29) is 92.4 Å². The Kier molecular flexibility index (Phi) is 20.8. The fraction of sp³-hybridized carbons (Fsp3) is 0.923. The molecule has 83 heavy (non-hydrogen) atoms. The molecule has 7 rings (SSSR count). The van der Waals surface area contributed by atoms with Crippen LogP contribution in [0.4, 0.5) is 0 Å². The van der Waals surface area contributed by atoms with Gasteiger partial charge in [0.15, 0.2) is 0 Å². The molecule has 5 saturated carbocycles. The number of methoxy groups -OCH3 is 2. The Morgan fingerprint density at radius 2 is 1.45 bits per heavy atom. The number of hydrogen-bond donors (Lipinski definition) is 4. The summed E-state index contributed by atoms with van der Waals surface area (Å²) in [5.41, 5.74) is -0.598. The first-order valence-electron chi connectivity index (χ1n) is 32.5. The number of ether oxygens (including phenoxy) is 2. The van der Waals surface area contributed by atoms with Crippen LogP contribution in [0.15, 0.2) is 0 Å². The Balaban J connectivity index is 0.968. The van der Waals surface area contributed by atoms with E-state index < -0.39 is 50.2 Å². The molecular weight excluding hydrogens is 1070 g/mol. The number of likely N-dealkylation sites (tertiary alicyclic amines) is 2. The summed E-state index contributed by atoms with van der Waals surface area (Å²) in [6.45, 7) is 32.3. The third-order valence-electron chi connectivity index (χ3n) is 24.8. The van der Waals surface area contributed by atoms with Crippen molar-refractivity contribution in [1.82, 2.24) is 30.2 Å². The summed E-state index contributed by atoms with van der Waals surface area (Å²) in [5, 5.41) is 6.29. The molecule has 5 aliphatic carbocycles. The maximum absolute atomic E-state index is 15.2. The van der Waals surface area contributed by atoms with Crippen molar-refractivity contribution in [2.75, 3.05) is 55.0 Å². The summed E-state index contributed by atoms with van der Waals surface area (Å²) in [4.78, 5) is 99.5. The van der Waals surface area contributed by atoms with Gasteiger partial charge in [-0.3, -0.25) is 33.4 Å². The molecule has 2 heterocycles. The van der Waals surface area contributed by atoms with Crippen molar-refractivity contribution in [3.63, 3.8) is 0 Å². The number of rotatable bonds is 24. The zero-order valence-corrected chi connectivity index (χ0v) is 55.9. The first kappa shape index (κ1) is 67.8. The molecule has 0 aromatic carbocycles. The van der Waals surface area contributed by atoms with Crippen LogP contribution in [-0.2, 0) is 42.5 Å². The van der Waals surface area contributed by atoms with Crippen LogP contribution in [0.2, 0.25) is 0 Å². The SMILES string of the molecule is CC[C@H](C)[C@@H]([C@@H](CC(=O)N1CCCC1[C@H](OC)[C@@H](C)C(=O)NCCCCN1C(=O)[C@]23CCC(C)(C)C1C2C1CCC2[C@@]4(C)CC[C@H](OP(=O)(O)O)C(C)(C)C4CC[C@@]2(C)[C@]1(C)CC3)OC)N(C)C(=O)[C@@H](NC(=O)[C@H](C(C)C)N(C)C)C(C)C. The molecule has 2 aliphatic heterocycles. The van der Waals surface area contributed by atoms with Gasteiger partial charge in [0.25, 0.3) is 0 Å². The van der Waals surface area contributed by atoms with E-state index in [0.29, 0.717) is 62.1 Å². The van der Waals surface area contributed by atoms with E-state index in [2.05, 4.69) is 77.8 Å². The monoisotopic (exact) mass is 1190 g/mol. The third-order valence-corrected chi connectivity index (χ3v) is 25.3. The first-order chi connectivity index (χ1) is 38.6. The van der Waals surface area contributed by atoms with Crippen molar-refractivity contribution in [3.05, 3.63) is 0 Å². The van der Waals surface area contributed by atoms with Gasteiger partial charge in [-0.1, -0.05) is 103 Å². The quantitative estimate of drug-likeness (QED) is 0.0526. The van der Waals surface area contributed by atoms with E-state index in [1.54, 1.807) is 26.2 Å². The highest BCUT2D eigenvalue weighted by Gasteiger charge is 2.75. The number of hydrogen-bond acceptors (Lipinski definition) is 10. The molecule has 476 valence electrons. The summed E-state index contributed by atoms with van der Waals surface area (Å²) >= 11 is 0. The number of unbranched alkanes of at least 4 members (excludes halogenated alkanes) is 1. The summed E-state index contributed by atoms with van der Waals surface area (Å²) < 4.78 is 29.9. The lowest BCUT2D eigenvalue weighted by Crippen LogP contribution is -2.68. The Hall–Kier alpha value is -2.66. The van der Waals surface area contributed by atoms with Crippen LogP contribution >= 0.6 is 7.82 Å². The molecule has 0 aromatic heterocycles. The molecule has 2 bridgehead atoms. The molecule has 0 radical (unpaired) electrons. The van der Waals surface area contributed by atoms with Crippen molar-refractivity contribution in [2.24, 2.45) is 79.8 Å². The molecule has 0 aromatic rings. The molecule has 18 heteroatoms. The highest BCUT2D eigenvalue weighted by molar-refractivity contribution is 7.46. The highest BCUT2D eigenvalue weighted by Crippen LogP contribution is 2.78. The van der Waals surface area contributed by atoms with Crippen LogP contribution in [0.3, 0.4) is 0 Å². The number of phosphoric acid groups is 1. The van der Waals surface area contributed by atoms with Crippen molar-refractivity contribution in [1.29, 1.82) is 0 Å². The standard InChI is InChI=1S/C65H115N6O11P/c1-20-41(6)53(69(17)58(75)51(39(2)3)67-57(74)52(40(4)5)68(15)16)45(80-18)38-49(72)70-37-23-24-44(70)54(81-19)42(7)56(73)66-35-21-22-36-71-55-50-43-25-26-47-62(12)29-28-48(82-83(77,78)79)61(10,11)46(62)27-30-64(47,14)63(43,13)32-34-65(50,59(71)76)33-31-60(55,8)9/h39-48,50-55H,20-38H2,1-19H3,(H,66,73)(H,67,74)(H2,77,78,79)/t41-,42+,43?,44?,45+,46?,47?,48-,50?,51-,52-,53-,54+,55?,62-,63+,64+,65-/m0/s1. The number of carbonyl (C=O) groups excluding carboxylic acids is 5. The zero-order valence-electron chi connectivity index (χ0n) is 55.0. The largest absolute Gasteiger partial charge is 0.469 e. The molecule has 2 saturated heterocycles. The topological polar surface area (TPSA) is 208 Å². The first-order valence-corrected chi connectivity index (χ1v) is 34.0. The lowest BCUT2D eigenvalue weighted by molar-refractivity contribution is -0.249. The Bertz CT molecular complexity index is 2370. The third kappa shape index (κ3) is 12.3. The number of fused-ring (bicyclic) bond motifs is 5. The van der Waals surface area contributed by atoms with E-state index in [1.807, 2.05) is 58.5 Å². The second kappa shape index (κ2) is 25.4. The smallest absolute Gasteiger partial charge is 0.379 e. The Morgan fingerprint density at radius 3 is 2.04 bits per heavy atom. The average molecular weight is 1190 g/mol. The van der Waals surface area contributed by atoms with Gasteiger partial charge in [0, 0.05) is 46.9 Å². The highest BCUT2D eigenvalue weighted by atomic mass is 31.2. The second-order valence-corrected chi connectivity index (χ2v) is 31.9. The van der Waals surface area contributed by atoms with E-state index in [0.717, 1.165) is 83.5 Å². The van der Waals surface area contributed by atoms with Crippen LogP contribution in [0, 0.1) is 79.8 Å². The maximum Gasteiger partial charge on any atom is 0.469 e. The number of amides is 5. The Labute approximate surface area is 500 Å². The Morgan fingerprint density at radius 1 is 0.783 bits per heavy atom. The molecule has 18 atom stereocenters. The minimum atomic E-state index is -4.63. The lowest BCUT2D eigenvalue weighted by Gasteiger charge is -2.73. The summed E-state index contributed by atoms with van der Waals surface area (Å²) in [5.74, 6) is 0.450. The van der Waals surface area contributed by atoms with Gasteiger partial charge in [0.05, 0.1) is 54.2 Å². The maximum atomic E-state index is 15.2. The van der Waals surface area contributed by atoms with Crippen LogP contribution in [0.25, 0.3) is 0 Å². The van der Waals surface area contributed by atoms with Crippen LogP contribution in [-0.4, -0.2) is 162 Å². The molecule has 17 nitrogen and oxygen atoms in total. The van der Waals surface area contributed by atoms with Gasteiger partial charge in [0.2, 0.25) is 29.5 Å². The molecule has 7 fully saturated rings. The second-order valence-electron chi connectivity index (χ2n) is 30.7. The molecule has 7 aliphatic rings. The summed E-state index contributed by atoms with van der Waals surface area (Å²) in [6.07, 6.45) is 11.9. The van der Waals surface area contributed by atoms with E-state index in [4.69, 9.17) is 14.0 Å². The fourth-order valence-electron chi connectivity index (χ4n) is 20.2. The van der Waals surface area contributed by atoms with Crippen LogP contribution in [0.5, 0.6) is 0 Å². The van der Waals surface area contributed by atoms with Crippen molar-refractivity contribution >= 4 is 37.4 Å². The van der Waals surface area contributed by atoms with Crippen molar-refractivity contribution in [3.8, 4) is 0 Å². The number of nitrogens with one attached hydrogen (secondary N) is 2. The zero-order chi connectivity index (χ0) is 61.9. The molecule has 6 unspecified atom stereocenters. The van der Waals surface area contributed by atoms with Gasteiger partial charge >= 0.3 is 7.82 Å². The van der Waals surface area contributed by atoms with E-state index >= 15 is 4.79 Å². The van der Waals surface area contributed by atoms with E-state index in [9.17, 15) is 33.5 Å². The van der Waals surface area contributed by atoms with Crippen molar-refractivity contribution < 1.29 is 52.3 Å². The van der Waals surface area contributed by atoms with Gasteiger partial charge in [-0.15, -0.1) is 0 Å².